The number of carbonyl (C=O) groups is 2. The van der Waals surface area contributed by atoms with Gasteiger partial charge in [-0.3, -0.25) is 14.2 Å². The van der Waals surface area contributed by atoms with Crippen molar-refractivity contribution in [3.63, 3.8) is 0 Å². The minimum Gasteiger partial charge on any atom is -0.482 e. The molecule has 0 aliphatic rings. The first kappa shape index (κ1) is 15.3. The molecule has 1 heterocycles. The first-order valence-corrected chi connectivity index (χ1v) is 7.47. The second-order valence-electron chi connectivity index (χ2n) is 5.08. The molecule has 0 N–H and O–H groups in total. The SMILES string of the molecule is Cc1c(C=O)c2ccccc2n1C(=O)COc1ccccc1Cl. The number of aldehydes is 1. The largest absolute Gasteiger partial charge is 0.482 e. The molecular weight excluding hydrogens is 314 g/mol. The summed E-state index contributed by atoms with van der Waals surface area (Å²) in [5, 5.41) is 1.20. The van der Waals surface area contributed by atoms with Gasteiger partial charge in [0.25, 0.3) is 5.91 Å². The molecule has 1 aromatic heterocycles. The monoisotopic (exact) mass is 327 g/mol. The minimum atomic E-state index is -0.258. The second-order valence-corrected chi connectivity index (χ2v) is 5.49. The van der Waals surface area contributed by atoms with Crippen LogP contribution in [0.4, 0.5) is 0 Å². The summed E-state index contributed by atoms with van der Waals surface area (Å²) in [6, 6.07) is 14.3. The van der Waals surface area contributed by atoms with Gasteiger partial charge in [-0.05, 0) is 25.1 Å². The molecule has 0 aliphatic heterocycles. The molecule has 0 fully saturated rings. The molecule has 0 atom stereocenters. The average molecular weight is 328 g/mol. The molecule has 0 unspecified atom stereocenters. The van der Waals surface area contributed by atoms with Crippen LogP contribution in [0.15, 0.2) is 48.5 Å². The van der Waals surface area contributed by atoms with Crippen molar-refractivity contribution in [1.29, 1.82) is 0 Å². The van der Waals surface area contributed by atoms with Crippen molar-refractivity contribution in [2.75, 3.05) is 6.61 Å². The van der Waals surface area contributed by atoms with Gasteiger partial charge in [0.1, 0.15) is 5.75 Å². The van der Waals surface area contributed by atoms with Gasteiger partial charge in [0, 0.05) is 16.6 Å². The fourth-order valence-electron chi connectivity index (χ4n) is 2.63. The normalized spacial score (nSPS) is 10.7. The number of ether oxygens (including phenoxy) is 1. The van der Waals surface area contributed by atoms with E-state index in [1.165, 1.54) is 4.57 Å². The van der Waals surface area contributed by atoms with Crippen molar-refractivity contribution in [3.05, 3.63) is 64.8 Å². The number of benzene rings is 2. The van der Waals surface area contributed by atoms with Crippen LogP contribution in [0.3, 0.4) is 0 Å². The summed E-state index contributed by atoms with van der Waals surface area (Å²) in [5.41, 5.74) is 1.82. The van der Waals surface area contributed by atoms with Crippen LogP contribution in [0.1, 0.15) is 20.8 Å². The highest BCUT2D eigenvalue weighted by Gasteiger charge is 2.18. The van der Waals surface area contributed by atoms with E-state index in [1.54, 1.807) is 31.2 Å². The molecule has 0 spiro atoms. The zero-order valence-electron chi connectivity index (χ0n) is 12.5. The predicted molar refractivity (Wildman–Crippen MR) is 89.6 cm³/mol. The number of carbonyl (C=O) groups excluding carboxylic acids is 2. The predicted octanol–water partition coefficient (Wildman–Crippen LogP) is 4.13. The standard InChI is InChI=1S/C18H14ClNO3/c1-12-14(10-21)13-6-2-4-8-16(13)20(12)18(22)11-23-17-9-5-3-7-15(17)19/h2-10H,11H2,1H3. The van der Waals surface area contributed by atoms with Crippen LogP contribution in [0.2, 0.25) is 5.02 Å². The van der Waals surface area contributed by atoms with Gasteiger partial charge in [-0.2, -0.15) is 0 Å². The van der Waals surface area contributed by atoms with E-state index in [9.17, 15) is 9.59 Å². The fourth-order valence-corrected chi connectivity index (χ4v) is 2.82. The third-order valence-electron chi connectivity index (χ3n) is 3.72. The van der Waals surface area contributed by atoms with Gasteiger partial charge in [0.2, 0.25) is 0 Å². The lowest BCUT2D eigenvalue weighted by atomic mass is 10.1. The van der Waals surface area contributed by atoms with Crippen molar-refractivity contribution in [1.82, 2.24) is 4.57 Å². The van der Waals surface area contributed by atoms with E-state index in [-0.39, 0.29) is 12.5 Å². The lowest BCUT2D eigenvalue weighted by Gasteiger charge is -2.10. The lowest BCUT2D eigenvalue weighted by molar-refractivity contribution is 0.0841. The number of aromatic nitrogens is 1. The number of nitrogens with zero attached hydrogens (tertiary/aromatic N) is 1. The molecular formula is C18H14ClNO3. The molecule has 0 bridgehead atoms. The van der Waals surface area contributed by atoms with E-state index in [4.69, 9.17) is 16.3 Å². The molecule has 0 saturated carbocycles. The molecule has 5 heteroatoms. The Hall–Kier alpha value is -2.59. The summed E-state index contributed by atoms with van der Waals surface area (Å²) in [4.78, 5) is 23.9. The number of hydrogen-bond acceptors (Lipinski definition) is 3. The number of fused-ring (bicyclic) bond motifs is 1. The Kier molecular flexibility index (Phi) is 4.17. The summed E-state index contributed by atoms with van der Waals surface area (Å²) >= 11 is 6.02. The maximum atomic E-state index is 12.6. The van der Waals surface area contributed by atoms with E-state index in [0.29, 0.717) is 27.5 Å². The van der Waals surface area contributed by atoms with Crippen LogP contribution in [-0.4, -0.2) is 23.4 Å². The van der Waals surface area contributed by atoms with Gasteiger partial charge in [0.15, 0.2) is 12.9 Å². The first-order chi connectivity index (χ1) is 11.1. The van der Waals surface area contributed by atoms with Gasteiger partial charge in [-0.25, -0.2) is 0 Å². The van der Waals surface area contributed by atoms with Gasteiger partial charge in [-0.15, -0.1) is 0 Å². The van der Waals surface area contributed by atoms with Gasteiger partial charge in [0.05, 0.1) is 10.5 Å². The Morgan fingerprint density at radius 3 is 2.61 bits per heavy atom. The van der Waals surface area contributed by atoms with Crippen LogP contribution < -0.4 is 4.74 Å². The summed E-state index contributed by atoms with van der Waals surface area (Å²) in [6.45, 7) is 1.58. The summed E-state index contributed by atoms with van der Waals surface area (Å²) in [5.74, 6) is 0.193. The number of para-hydroxylation sites is 2. The Balaban J connectivity index is 1.94. The molecule has 4 nitrogen and oxygen atoms in total. The minimum absolute atomic E-state index is 0.165. The third-order valence-corrected chi connectivity index (χ3v) is 4.03. The fraction of sp³-hybridized carbons (Fsp3) is 0.111. The van der Waals surface area contributed by atoms with Crippen molar-refractivity contribution in [2.24, 2.45) is 0 Å². The van der Waals surface area contributed by atoms with Crippen LogP contribution >= 0.6 is 11.6 Å². The Bertz CT molecular complexity index is 898. The molecule has 0 amide bonds. The van der Waals surface area contributed by atoms with Crippen molar-refractivity contribution < 1.29 is 14.3 Å². The number of halogens is 1. The Morgan fingerprint density at radius 2 is 1.87 bits per heavy atom. The first-order valence-electron chi connectivity index (χ1n) is 7.09. The highest BCUT2D eigenvalue weighted by Crippen LogP contribution is 2.26. The molecule has 2 aromatic carbocycles. The molecule has 0 radical (unpaired) electrons. The maximum absolute atomic E-state index is 12.6. The van der Waals surface area contributed by atoms with E-state index < -0.39 is 0 Å². The molecule has 23 heavy (non-hydrogen) atoms. The summed E-state index contributed by atoms with van der Waals surface area (Å²) in [7, 11) is 0. The smallest absolute Gasteiger partial charge is 0.269 e. The van der Waals surface area contributed by atoms with Crippen molar-refractivity contribution in [2.45, 2.75) is 6.92 Å². The van der Waals surface area contributed by atoms with Gasteiger partial charge in [-0.1, -0.05) is 41.9 Å². The highest BCUT2D eigenvalue weighted by molar-refractivity contribution is 6.32. The Morgan fingerprint density at radius 1 is 1.17 bits per heavy atom. The molecule has 116 valence electrons. The summed E-state index contributed by atoms with van der Waals surface area (Å²) < 4.78 is 7.02. The lowest BCUT2D eigenvalue weighted by Crippen LogP contribution is -2.20. The van der Waals surface area contributed by atoms with Crippen molar-refractivity contribution >= 4 is 34.7 Å². The van der Waals surface area contributed by atoms with Crippen LogP contribution in [0, 0.1) is 6.92 Å². The van der Waals surface area contributed by atoms with E-state index in [1.807, 2.05) is 24.3 Å². The number of rotatable bonds is 4. The average Bonchev–Trinajstić information content (AvgIpc) is 2.85. The quantitative estimate of drug-likeness (QED) is 0.677. The zero-order valence-corrected chi connectivity index (χ0v) is 13.2. The van der Waals surface area contributed by atoms with E-state index in [0.717, 1.165) is 11.7 Å². The maximum Gasteiger partial charge on any atom is 0.269 e. The zero-order chi connectivity index (χ0) is 16.4. The second kappa shape index (κ2) is 6.26. The van der Waals surface area contributed by atoms with E-state index >= 15 is 0 Å². The Labute approximate surface area is 138 Å². The van der Waals surface area contributed by atoms with Gasteiger partial charge < -0.3 is 4.74 Å². The molecule has 0 aliphatic carbocycles. The van der Waals surface area contributed by atoms with Crippen LogP contribution in [0.25, 0.3) is 10.9 Å². The van der Waals surface area contributed by atoms with Crippen LogP contribution in [0.5, 0.6) is 5.75 Å². The summed E-state index contributed by atoms with van der Waals surface area (Å²) in [6.07, 6.45) is 0.774. The van der Waals surface area contributed by atoms with E-state index in [2.05, 4.69) is 0 Å². The molecule has 3 aromatic rings. The van der Waals surface area contributed by atoms with Gasteiger partial charge >= 0.3 is 0 Å². The van der Waals surface area contributed by atoms with Crippen LogP contribution in [-0.2, 0) is 0 Å². The highest BCUT2D eigenvalue weighted by atomic mass is 35.5. The molecule has 0 saturated heterocycles. The number of hydrogen-bond donors (Lipinski definition) is 0. The van der Waals surface area contributed by atoms with Crippen molar-refractivity contribution in [3.8, 4) is 5.75 Å². The third kappa shape index (κ3) is 2.73. The molecule has 3 rings (SSSR count). The topological polar surface area (TPSA) is 48.3 Å².